The molecule has 2 heterocycles. The van der Waals surface area contributed by atoms with Gasteiger partial charge in [0.1, 0.15) is 5.82 Å². The van der Waals surface area contributed by atoms with Gasteiger partial charge in [-0.2, -0.15) is 4.37 Å². The Morgan fingerprint density at radius 3 is 3.33 bits per heavy atom. The van der Waals surface area contributed by atoms with Crippen molar-refractivity contribution in [3.63, 3.8) is 0 Å². The second kappa shape index (κ2) is 1.54. The predicted octanol–water partition coefficient (Wildman–Crippen LogP) is 1.10. The lowest BCUT2D eigenvalue weighted by atomic mass is 10.7. The normalized spacial score (nSPS) is 10.8. The fourth-order valence-electron chi connectivity index (χ4n) is 0.754. The summed E-state index contributed by atoms with van der Waals surface area (Å²) < 4.78 is 6.06. The highest BCUT2D eigenvalue weighted by Gasteiger charge is 1.97. The molecule has 3 nitrogen and oxygen atoms in total. The van der Waals surface area contributed by atoms with Gasteiger partial charge in [-0.15, -0.1) is 0 Å². The summed E-state index contributed by atoms with van der Waals surface area (Å²) in [5.41, 5.74) is 0. The van der Waals surface area contributed by atoms with E-state index in [2.05, 4.69) is 9.36 Å². The van der Waals surface area contributed by atoms with Gasteiger partial charge in [0.05, 0.1) is 0 Å². The lowest BCUT2D eigenvalue weighted by Crippen LogP contribution is -1.79. The first-order chi connectivity index (χ1) is 4.38. The minimum Gasteiger partial charge on any atom is -0.277 e. The van der Waals surface area contributed by atoms with Crippen LogP contribution >= 0.6 is 11.5 Å². The fourth-order valence-corrected chi connectivity index (χ4v) is 1.45. The van der Waals surface area contributed by atoms with Crippen LogP contribution in [0.1, 0.15) is 5.82 Å². The highest BCUT2D eigenvalue weighted by atomic mass is 32.1. The number of rotatable bonds is 0. The van der Waals surface area contributed by atoms with Crippen LogP contribution in [0.15, 0.2) is 12.4 Å². The van der Waals surface area contributed by atoms with Crippen LogP contribution in [0.4, 0.5) is 0 Å². The quantitative estimate of drug-likeness (QED) is 0.547. The molecule has 2 aromatic rings. The molecule has 0 N–H and O–H groups in total. The van der Waals surface area contributed by atoms with E-state index in [9.17, 15) is 0 Å². The molecule has 46 valence electrons. The Morgan fingerprint density at radius 2 is 2.56 bits per heavy atom. The van der Waals surface area contributed by atoms with Crippen molar-refractivity contribution in [2.24, 2.45) is 0 Å². The average molecular weight is 139 g/mol. The van der Waals surface area contributed by atoms with E-state index in [0.717, 1.165) is 10.8 Å². The van der Waals surface area contributed by atoms with Crippen LogP contribution in [-0.2, 0) is 0 Å². The molecule has 0 fully saturated rings. The lowest BCUT2D eigenvalue weighted by Gasteiger charge is -1.79. The SMILES string of the molecule is Cc1nsc2nccn12. The van der Waals surface area contributed by atoms with Gasteiger partial charge in [-0.25, -0.2) is 4.98 Å². The Balaban J connectivity index is 2.99. The number of hydrogen-bond acceptors (Lipinski definition) is 3. The van der Waals surface area contributed by atoms with Crippen LogP contribution in [0.25, 0.3) is 4.96 Å². The van der Waals surface area contributed by atoms with Gasteiger partial charge in [0.15, 0.2) is 0 Å². The molecule has 0 atom stereocenters. The van der Waals surface area contributed by atoms with Crippen LogP contribution in [0.2, 0.25) is 0 Å². The summed E-state index contributed by atoms with van der Waals surface area (Å²) in [5.74, 6) is 1.01. The lowest BCUT2D eigenvalue weighted by molar-refractivity contribution is 1.06. The molecule has 0 saturated carbocycles. The number of nitrogens with zero attached hydrogens (tertiary/aromatic N) is 3. The summed E-state index contributed by atoms with van der Waals surface area (Å²) >= 11 is 1.42. The smallest absolute Gasteiger partial charge is 0.213 e. The molecule has 4 heteroatoms. The molecule has 0 aliphatic carbocycles. The second-order valence-corrected chi connectivity index (χ2v) is 2.54. The predicted molar refractivity (Wildman–Crippen MR) is 35.6 cm³/mol. The number of imidazole rings is 1. The van der Waals surface area contributed by atoms with E-state index < -0.39 is 0 Å². The van der Waals surface area contributed by atoms with Crippen molar-refractivity contribution in [2.75, 3.05) is 0 Å². The third-order valence-electron chi connectivity index (χ3n) is 1.21. The summed E-state index contributed by atoms with van der Waals surface area (Å²) in [4.78, 5) is 5.02. The van der Waals surface area contributed by atoms with Crippen molar-refractivity contribution >= 4 is 16.5 Å². The maximum absolute atomic E-state index is 4.10. The first-order valence-corrected chi connectivity index (χ1v) is 3.40. The van der Waals surface area contributed by atoms with E-state index in [-0.39, 0.29) is 0 Å². The van der Waals surface area contributed by atoms with E-state index in [1.54, 1.807) is 6.20 Å². The van der Waals surface area contributed by atoms with Gasteiger partial charge in [0.2, 0.25) is 4.96 Å². The number of hydrogen-bond donors (Lipinski definition) is 0. The summed E-state index contributed by atoms with van der Waals surface area (Å²) in [7, 11) is 0. The molecular weight excluding hydrogens is 134 g/mol. The van der Waals surface area contributed by atoms with Crippen LogP contribution in [0.3, 0.4) is 0 Å². The van der Waals surface area contributed by atoms with Crippen molar-refractivity contribution in [3.05, 3.63) is 18.2 Å². The topological polar surface area (TPSA) is 30.2 Å². The van der Waals surface area contributed by atoms with Crippen molar-refractivity contribution < 1.29 is 0 Å². The number of fused-ring (bicyclic) bond motifs is 1. The molecule has 0 aliphatic rings. The van der Waals surface area contributed by atoms with Crippen LogP contribution < -0.4 is 0 Å². The zero-order valence-corrected chi connectivity index (χ0v) is 5.72. The zero-order valence-electron chi connectivity index (χ0n) is 4.90. The van der Waals surface area contributed by atoms with Crippen molar-refractivity contribution in [1.29, 1.82) is 0 Å². The molecule has 0 unspecified atom stereocenters. The summed E-state index contributed by atoms with van der Waals surface area (Å²) in [6.07, 6.45) is 3.69. The van der Waals surface area contributed by atoms with Gasteiger partial charge in [-0.05, 0) is 6.92 Å². The maximum Gasteiger partial charge on any atom is 0.213 e. The Hall–Kier alpha value is -0.900. The van der Waals surface area contributed by atoms with Crippen LogP contribution in [0.5, 0.6) is 0 Å². The monoisotopic (exact) mass is 139 g/mol. The molecule has 2 aromatic heterocycles. The third-order valence-corrected chi connectivity index (χ3v) is 2.04. The van der Waals surface area contributed by atoms with E-state index in [1.165, 1.54) is 11.5 Å². The molecular formula is C5H5N3S. The Kier molecular flexibility index (Phi) is 0.843. The van der Waals surface area contributed by atoms with Gasteiger partial charge in [-0.3, -0.25) is 4.40 Å². The average Bonchev–Trinajstić information content (AvgIpc) is 2.35. The summed E-state index contributed by atoms with van der Waals surface area (Å²) in [6, 6.07) is 0. The van der Waals surface area contributed by atoms with Gasteiger partial charge in [0, 0.05) is 23.9 Å². The molecule has 0 radical (unpaired) electrons. The van der Waals surface area contributed by atoms with Crippen molar-refractivity contribution in [3.8, 4) is 0 Å². The van der Waals surface area contributed by atoms with Crippen molar-refractivity contribution in [1.82, 2.24) is 13.8 Å². The van der Waals surface area contributed by atoms with Crippen LogP contribution in [0, 0.1) is 6.92 Å². The number of aryl methyl sites for hydroxylation is 1. The first-order valence-electron chi connectivity index (χ1n) is 2.63. The minimum atomic E-state index is 0.965. The molecule has 0 spiro atoms. The van der Waals surface area contributed by atoms with E-state index >= 15 is 0 Å². The molecule has 0 aromatic carbocycles. The van der Waals surface area contributed by atoms with Gasteiger partial charge in [-0.1, -0.05) is 0 Å². The molecule has 0 saturated heterocycles. The summed E-state index contributed by atoms with van der Waals surface area (Å²) in [5, 5.41) is 0. The highest BCUT2D eigenvalue weighted by Crippen LogP contribution is 2.07. The van der Waals surface area contributed by atoms with E-state index in [4.69, 9.17) is 0 Å². The van der Waals surface area contributed by atoms with E-state index in [0.29, 0.717) is 0 Å². The van der Waals surface area contributed by atoms with Gasteiger partial charge in [0.25, 0.3) is 0 Å². The van der Waals surface area contributed by atoms with Crippen molar-refractivity contribution in [2.45, 2.75) is 6.92 Å². The Labute approximate surface area is 56.1 Å². The first kappa shape index (κ1) is 4.93. The largest absolute Gasteiger partial charge is 0.277 e. The standard InChI is InChI=1S/C5H5N3S/c1-4-7-9-5-6-2-3-8(4)5/h2-3H,1H3. The van der Waals surface area contributed by atoms with Crippen LogP contribution in [-0.4, -0.2) is 13.8 Å². The highest BCUT2D eigenvalue weighted by molar-refractivity contribution is 7.11. The van der Waals surface area contributed by atoms with E-state index in [1.807, 2.05) is 17.5 Å². The van der Waals surface area contributed by atoms with Gasteiger partial charge >= 0.3 is 0 Å². The summed E-state index contributed by atoms with van der Waals surface area (Å²) in [6.45, 7) is 1.96. The molecule has 0 bridgehead atoms. The number of aromatic nitrogens is 3. The van der Waals surface area contributed by atoms with Gasteiger partial charge < -0.3 is 0 Å². The molecule has 0 amide bonds. The Bertz CT molecular complexity index is 321. The minimum absolute atomic E-state index is 0.965. The maximum atomic E-state index is 4.10. The third kappa shape index (κ3) is 0.564. The zero-order chi connectivity index (χ0) is 6.27. The molecule has 9 heavy (non-hydrogen) atoms. The fraction of sp³-hybridized carbons (Fsp3) is 0.200. The Morgan fingerprint density at radius 1 is 1.67 bits per heavy atom. The molecule has 2 rings (SSSR count). The molecule has 0 aliphatic heterocycles. The second-order valence-electron chi connectivity index (χ2n) is 1.81.